The molecule has 1 aromatic carbocycles. The smallest absolute Gasteiger partial charge is 0.229 e. The maximum Gasteiger partial charge on any atom is 0.229 e. The van der Waals surface area contributed by atoms with Crippen LogP contribution < -0.4 is 10.2 Å². The third kappa shape index (κ3) is 4.30. The topological polar surface area (TPSA) is 74.1 Å². The van der Waals surface area contributed by atoms with Crippen molar-refractivity contribution in [3.8, 4) is 6.07 Å². The van der Waals surface area contributed by atoms with Gasteiger partial charge in [0.25, 0.3) is 0 Å². The molecule has 1 aliphatic heterocycles. The van der Waals surface area contributed by atoms with Crippen molar-refractivity contribution in [1.82, 2.24) is 9.97 Å². The molecule has 1 saturated heterocycles. The van der Waals surface area contributed by atoms with E-state index in [0.29, 0.717) is 17.6 Å². The zero-order valence-electron chi connectivity index (χ0n) is 15.4. The van der Waals surface area contributed by atoms with Crippen molar-refractivity contribution in [2.75, 3.05) is 30.0 Å². The Kier molecular flexibility index (Phi) is 6.03. The zero-order chi connectivity index (χ0) is 18.4. The van der Waals surface area contributed by atoms with Crippen LogP contribution in [-0.2, 0) is 11.2 Å². The van der Waals surface area contributed by atoms with Crippen LogP contribution in [0.2, 0.25) is 0 Å². The first-order valence-electron chi connectivity index (χ1n) is 9.23. The van der Waals surface area contributed by atoms with E-state index in [0.717, 1.165) is 56.2 Å². The predicted molar refractivity (Wildman–Crippen MR) is 103 cm³/mol. The highest BCUT2D eigenvalue weighted by atomic mass is 16.5. The minimum Gasteiger partial charge on any atom is -0.377 e. The van der Waals surface area contributed by atoms with E-state index in [-0.39, 0.29) is 0 Å². The van der Waals surface area contributed by atoms with Crippen LogP contribution in [0.15, 0.2) is 30.3 Å². The molecule has 136 valence electrons. The van der Waals surface area contributed by atoms with Crippen LogP contribution in [0.25, 0.3) is 0 Å². The molecule has 26 heavy (non-hydrogen) atoms. The molecule has 0 radical (unpaired) electrons. The van der Waals surface area contributed by atoms with Crippen molar-refractivity contribution in [3.63, 3.8) is 0 Å². The Hall–Kier alpha value is -2.65. The molecule has 2 aromatic rings. The van der Waals surface area contributed by atoms with Gasteiger partial charge in [-0.1, -0.05) is 26.3 Å². The van der Waals surface area contributed by atoms with Crippen LogP contribution >= 0.6 is 0 Å². The fourth-order valence-corrected chi connectivity index (χ4v) is 3.16. The van der Waals surface area contributed by atoms with Gasteiger partial charge in [0, 0.05) is 24.0 Å². The average Bonchev–Trinajstić information content (AvgIpc) is 2.68. The average molecular weight is 351 g/mol. The van der Waals surface area contributed by atoms with Gasteiger partial charge < -0.3 is 15.0 Å². The summed E-state index contributed by atoms with van der Waals surface area (Å²) < 4.78 is 5.62. The summed E-state index contributed by atoms with van der Waals surface area (Å²) in [5.74, 6) is 1.51. The summed E-state index contributed by atoms with van der Waals surface area (Å²) in [5, 5.41) is 12.3. The predicted octanol–water partition coefficient (Wildman–Crippen LogP) is 3.66. The van der Waals surface area contributed by atoms with Gasteiger partial charge in [-0.05, 0) is 31.0 Å². The van der Waals surface area contributed by atoms with Gasteiger partial charge in [-0.3, -0.25) is 0 Å². The molecule has 1 atom stereocenters. The summed E-state index contributed by atoms with van der Waals surface area (Å²) in [5.41, 5.74) is 2.45. The number of ether oxygens (including phenoxy) is 1. The Labute approximate surface area is 154 Å². The number of hydrogen-bond acceptors (Lipinski definition) is 6. The van der Waals surface area contributed by atoms with E-state index >= 15 is 0 Å². The Morgan fingerprint density at radius 2 is 2.19 bits per heavy atom. The van der Waals surface area contributed by atoms with Crippen LogP contribution in [0.4, 0.5) is 17.5 Å². The standard InChI is InChI=1S/C20H25N5O/c1-3-6-16-12-19(25-9-10-26-14-18(25)4-2)24-20(22-16)23-17-8-5-7-15(11-17)13-21/h5,7-8,11-12,18H,3-4,6,9-10,14H2,1-2H3,(H,22,23,24). The van der Waals surface area contributed by atoms with Gasteiger partial charge in [0.2, 0.25) is 5.95 Å². The van der Waals surface area contributed by atoms with Gasteiger partial charge in [-0.2, -0.15) is 10.2 Å². The molecule has 6 heteroatoms. The molecule has 0 bridgehead atoms. The lowest BCUT2D eigenvalue weighted by atomic mass is 10.1. The highest BCUT2D eigenvalue weighted by Crippen LogP contribution is 2.24. The normalized spacial score (nSPS) is 17.0. The Balaban J connectivity index is 1.91. The third-order valence-electron chi connectivity index (χ3n) is 4.51. The number of nitriles is 1. The van der Waals surface area contributed by atoms with Crippen molar-refractivity contribution < 1.29 is 4.74 Å². The number of aromatic nitrogens is 2. The van der Waals surface area contributed by atoms with Crippen molar-refractivity contribution in [1.29, 1.82) is 5.26 Å². The summed E-state index contributed by atoms with van der Waals surface area (Å²) in [7, 11) is 0. The second-order valence-electron chi connectivity index (χ2n) is 6.44. The van der Waals surface area contributed by atoms with E-state index in [2.05, 4.69) is 41.2 Å². The number of nitrogens with zero attached hydrogens (tertiary/aromatic N) is 4. The highest BCUT2D eigenvalue weighted by molar-refractivity contribution is 5.58. The fourth-order valence-electron chi connectivity index (χ4n) is 3.16. The number of rotatable bonds is 6. The minimum atomic E-state index is 0.336. The summed E-state index contributed by atoms with van der Waals surface area (Å²) in [6, 6.07) is 11.9. The van der Waals surface area contributed by atoms with Gasteiger partial charge >= 0.3 is 0 Å². The van der Waals surface area contributed by atoms with E-state index in [9.17, 15) is 0 Å². The number of benzene rings is 1. The lowest BCUT2D eigenvalue weighted by Crippen LogP contribution is -2.45. The van der Waals surface area contributed by atoms with E-state index in [1.165, 1.54) is 0 Å². The van der Waals surface area contributed by atoms with Crippen molar-refractivity contribution >= 4 is 17.5 Å². The van der Waals surface area contributed by atoms with Gasteiger partial charge in [0.15, 0.2) is 0 Å². The zero-order valence-corrected chi connectivity index (χ0v) is 15.4. The summed E-state index contributed by atoms with van der Waals surface area (Å²) in [6.45, 7) is 6.61. The molecule has 2 heterocycles. The Morgan fingerprint density at radius 3 is 2.96 bits per heavy atom. The van der Waals surface area contributed by atoms with Crippen molar-refractivity contribution in [3.05, 3.63) is 41.6 Å². The minimum absolute atomic E-state index is 0.336. The molecular weight excluding hydrogens is 326 g/mol. The Morgan fingerprint density at radius 1 is 1.31 bits per heavy atom. The monoisotopic (exact) mass is 351 g/mol. The highest BCUT2D eigenvalue weighted by Gasteiger charge is 2.23. The molecule has 3 rings (SSSR count). The molecule has 0 amide bonds. The second-order valence-corrected chi connectivity index (χ2v) is 6.44. The van der Waals surface area contributed by atoms with Gasteiger partial charge in [0.05, 0.1) is 30.9 Å². The molecule has 1 aromatic heterocycles. The van der Waals surface area contributed by atoms with Crippen molar-refractivity contribution in [2.45, 2.75) is 39.2 Å². The van der Waals surface area contributed by atoms with Crippen LogP contribution in [0.1, 0.15) is 37.9 Å². The molecule has 0 saturated carbocycles. The first-order valence-corrected chi connectivity index (χ1v) is 9.23. The number of anilines is 3. The molecule has 6 nitrogen and oxygen atoms in total. The number of nitrogens with one attached hydrogen (secondary N) is 1. The van der Waals surface area contributed by atoms with E-state index < -0.39 is 0 Å². The lowest BCUT2D eigenvalue weighted by molar-refractivity contribution is 0.0925. The fraction of sp³-hybridized carbons (Fsp3) is 0.450. The summed E-state index contributed by atoms with van der Waals surface area (Å²) in [6.07, 6.45) is 2.95. The summed E-state index contributed by atoms with van der Waals surface area (Å²) in [4.78, 5) is 11.7. The molecule has 1 aliphatic rings. The van der Waals surface area contributed by atoms with Crippen LogP contribution in [0.3, 0.4) is 0 Å². The van der Waals surface area contributed by atoms with E-state index in [1.54, 1.807) is 12.1 Å². The molecule has 1 N–H and O–H groups in total. The molecule has 1 fully saturated rings. The molecule has 0 spiro atoms. The van der Waals surface area contributed by atoms with Crippen LogP contribution in [0.5, 0.6) is 0 Å². The largest absolute Gasteiger partial charge is 0.377 e. The number of morpholine rings is 1. The van der Waals surface area contributed by atoms with Gasteiger partial charge in [-0.25, -0.2) is 4.98 Å². The summed E-state index contributed by atoms with van der Waals surface area (Å²) >= 11 is 0. The van der Waals surface area contributed by atoms with Gasteiger partial charge in [-0.15, -0.1) is 0 Å². The van der Waals surface area contributed by atoms with Crippen LogP contribution in [-0.4, -0.2) is 35.8 Å². The Bertz CT molecular complexity index is 786. The number of hydrogen-bond donors (Lipinski definition) is 1. The van der Waals surface area contributed by atoms with Crippen molar-refractivity contribution in [2.24, 2.45) is 0 Å². The van der Waals surface area contributed by atoms with E-state index in [1.807, 2.05) is 12.1 Å². The SMILES string of the molecule is CCCc1cc(N2CCOCC2CC)nc(Nc2cccc(C#N)c2)n1. The first-order chi connectivity index (χ1) is 12.7. The third-order valence-corrected chi connectivity index (χ3v) is 4.51. The van der Waals surface area contributed by atoms with Crippen LogP contribution in [0, 0.1) is 11.3 Å². The molecule has 0 aliphatic carbocycles. The maximum absolute atomic E-state index is 9.09. The van der Waals surface area contributed by atoms with Gasteiger partial charge in [0.1, 0.15) is 5.82 Å². The molecular formula is C20H25N5O. The lowest BCUT2D eigenvalue weighted by Gasteiger charge is -2.36. The quantitative estimate of drug-likeness (QED) is 0.856. The van der Waals surface area contributed by atoms with E-state index in [4.69, 9.17) is 15.0 Å². The second kappa shape index (κ2) is 8.63. The number of aryl methyl sites for hydroxylation is 1. The first kappa shape index (κ1) is 18.2. The molecule has 1 unspecified atom stereocenters. The maximum atomic E-state index is 9.09.